The van der Waals surface area contributed by atoms with Crippen LogP contribution >= 0.6 is 0 Å². The number of hydrogen-bond acceptors (Lipinski definition) is 6. The van der Waals surface area contributed by atoms with Crippen LogP contribution in [0.5, 0.6) is 0 Å². The zero-order chi connectivity index (χ0) is 22.1. The smallest absolute Gasteiger partial charge is 0.339 e. The summed E-state index contributed by atoms with van der Waals surface area (Å²) in [6.07, 6.45) is 2.18. The van der Waals surface area contributed by atoms with E-state index >= 15 is 0 Å². The Labute approximate surface area is 178 Å². The second-order valence-corrected chi connectivity index (χ2v) is 7.65. The number of esters is 1. The Morgan fingerprint density at radius 3 is 2.52 bits per heavy atom. The minimum atomic E-state index is -0.592. The molecule has 0 radical (unpaired) electrons. The van der Waals surface area contributed by atoms with E-state index in [0.717, 1.165) is 24.2 Å². The van der Waals surface area contributed by atoms with Crippen LogP contribution in [0.2, 0.25) is 0 Å². The summed E-state index contributed by atoms with van der Waals surface area (Å²) >= 11 is 0. The number of methoxy groups -OCH3 is 1. The van der Waals surface area contributed by atoms with Crippen molar-refractivity contribution in [3.63, 3.8) is 0 Å². The highest BCUT2D eigenvalue weighted by Crippen LogP contribution is 2.38. The van der Waals surface area contributed by atoms with E-state index in [4.69, 9.17) is 4.74 Å². The van der Waals surface area contributed by atoms with Gasteiger partial charge in [-0.05, 0) is 49.6 Å². The lowest BCUT2D eigenvalue weighted by atomic mass is 10.1. The molecule has 1 amide bonds. The van der Waals surface area contributed by atoms with Gasteiger partial charge in [-0.1, -0.05) is 0 Å². The number of ether oxygens (including phenoxy) is 1. The van der Waals surface area contributed by atoms with E-state index in [2.05, 4.69) is 25.5 Å². The largest absolute Gasteiger partial charge is 0.465 e. The maximum Gasteiger partial charge on any atom is 0.339 e. The number of anilines is 1. The minimum absolute atomic E-state index is 0.105. The quantitative estimate of drug-likeness (QED) is 0.397. The average molecular weight is 421 g/mol. The number of hydrogen-bond donors (Lipinski definition) is 3. The molecule has 0 unspecified atom stereocenters. The van der Waals surface area contributed by atoms with Gasteiger partial charge < -0.3 is 15.0 Å². The van der Waals surface area contributed by atoms with E-state index in [1.165, 1.54) is 14.0 Å². The van der Waals surface area contributed by atoms with Crippen LogP contribution in [0.4, 0.5) is 5.69 Å². The van der Waals surface area contributed by atoms with E-state index in [0.29, 0.717) is 34.4 Å². The van der Waals surface area contributed by atoms with Gasteiger partial charge in [0.05, 0.1) is 24.8 Å². The third-order valence-corrected chi connectivity index (χ3v) is 5.30. The monoisotopic (exact) mass is 421 g/mol. The molecule has 0 bridgehead atoms. The molecule has 9 heteroatoms. The minimum Gasteiger partial charge on any atom is -0.465 e. The van der Waals surface area contributed by atoms with E-state index in [9.17, 15) is 14.4 Å². The third-order valence-electron chi connectivity index (χ3n) is 5.30. The number of H-pyrrole nitrogens is 2. The Kier molecular flexibility index (Phi) is 5.41. The van der Waals surface area contributed by atoms with Gasteiger partial charge in [0.1, 0.15) is 5.82 Å². The summed E-state index contributed by atoms with van der Waals surface area (Å²) in [6.45, 7) is 3.05. The molecule has 160 valence electrons. The van der Waals surface area contributed by atoms with Gasteiger partial charge in [-0.25, -0.2) is 9.78 Å². The molecule has 9 nitrogen and oxygen atoms in total. The van der Waals surface area contributed by atoms with Gasteiger partial charge in [0.15, 0.2) is 11.6 Å². The summed E-state index contributed by atoms with van der Waals surface area (Å²) in [7, 11) is 1.26. The molecule has 1 aliphatic rings. The van der Waals surface area contributed by atoms with Crippen molar-refractivity contribution in [3.05, 3.63) is 52.6 Å². The van der Waals surface area contributed by atoms with Crippen molar-refractivity contribution in [2.24, 2.45) is 0 Å². The first-order valence-corrected chi connectivity index (χ1v) is 10.0. The van der Waals surface area contributed by atoms with Gasteiger partial charge in [-0.2, -0.15) is 5.10 Å². The zero-order valence-electron chi connectivity index (χ0n) is 17.5. The molecular weight excluding hydrogens is 398 g/mol. The van der Waals surface area contributed by atoms with Crippen LogP contribution in [0.1, 0.15) is 63.6 Å². The van der Waals surface area contributed by atoms with Crippen molar-refractivity contribution in [2.75, 3.05) is 12.4 Å². The van der Waals surface area contributed by atoms with E-state index in [-0.39, 0.29) is 23.7 Å². The highest BCUT2D eigenvalue weighted by Gasteiger charge is 2.27. The van der Waals surface area contributed by atoms with Gasteiger partial charge >= 0.3 is 5.97 Å². The molecule has 3 aromatic rings. The second kappa shape index (κ2) is 8.17. The molecule has 0 saturated heterocycles. The van der Waals surface area contributed by atoms with Gasteiger partial charge in [-0.3, -0.25) is 14.7 Å². The predicted molar refractivity (Wildman–Crippen MR) is 113 cm³/mol. The number of aromatic amines is 2. The van der Waals surface area contributed by atoms with Crippen LogP contribution in [-0.2, 0) is 16.0 Å². The number of rotatable bonds is 7. The molecule has 31 heavy (non-hydrogen) atoms. The average Bonchev–Trinajstić information content (AvgIpc) is 3.38. The lowest BCUT2D eigenvalue weighted by Gasteiger charge is -2.07. The number of ketones is 1. The fourth-order valence-corrected chi connectivity index (χ4v) is 3.53. The number of aromatic nitrogens is 4. The van der Waals surface area contributed by atoms with Crippen molar-refractivity contribution in [1.82, 2.24) is 20.2 Å². The van der Waals surface area contributed by atoms with Crippen LogP contribution in [0, 0.1) is 6.92 Å². The van der Waals surface area contributed by atoms with E-state index in [1.807, 2.05) is 12.1 Å². The fourth-order valence-electron chi connectivity index (χ4n) is 3.53. The van der Waals surface area contributed by atoms with Crippen molar-refractivity contribution >= 4 is 23.3 Å². The van der Waals surface area contributed by atoms with Crippen molar-refractivity contribution in [3.8, 4) is 11.4 Å². The second-order valence-electron chi connectivity index (χ2n) is 7.65. The van der Waals surface area contributed by atoms with Gasteiger partial charge in [-0.15, -0.1) is 0 Å². The summed E-state index contributed by atoms with van der Waals surface area (Å²) in [5.74, 6) is 0.895. The maximum absolute atomic E-state index is 12.6. The molecule has 0 atom stereocenters. The van der Waals surface area contributed by atoms with Crippen molar-refractivity contribution in [1.29, 1.82) is 0 Å². The first kappa shape index (κ1) is 20.5. The molecule has 2 heterocycles. The highest BCUT2D eigenvalue weighted by atomic mass is 16.5. The lowest BCUT2D eigenvalue weighted by Crippen LogP contribution is -2.17. The number of nitrogens with zero attached hydrogens (tertiary/aromatic N) is 2. The molecule has 4 rings (SSSR count). The first-order valence-electron chi connectivity index (χ1n) is 10.0. The Balaban J connectivity index is 1.46. The SMILES string of the molecule is COC(=O)c1c(CC(=O)Nc2ccc(-c3n[nH]c(C4CC4)n3)cc2)[nH]c(C(C)=O)c1C. The van der Waals surface area contributed by atoms with Crippen LogP contribution in [0.15, 0.2) is 24.3 Å². The number of Topliss-reactive ketones (excluding diaryl/α,β-unsaturated/α-hetero) is 1. The van der Waals surface area contributed by atoms with Gasteiger partial charge in [0.2, 0.25) is 5.91 Å². The highest BCUT2D eigenvalue weighted by molar-refractivity contribution is 6.02. The Morgan fingerprint density at radius 1 is 1.19 bits per heavy atom. The van der Waals surface area contributed by atoms with Crippen LogP contribution < -0.4 is 5.32 Å². The molecule has 1 fully saturated rings. The zero-order valence-corrected chi connectivity index (χ0v) is 17.5. The summed E-state index contributed by atoms with van der Waals surface area (Å²) < 4.78 is 4.81. The number of carbonyl (C=O) groups is 3. The number of amides is 1. The van der Waals surface area contributed by atoms with Crippen LogP contribution in [0.3, 0.4) is 0 Å². The van der Waals surface area contributed by atoms with Gasteiger partial charge in [0.25, 0.3) is 0 Å². The lowest BCUT2D eigenvalue weighted by molar-refractivity contribution is -0.115. The van der Waals surface area contributed by atoms with Crippen molar-refractivity contribution in [2.45, 2.75) is 39.0 Å². The Bertz CT molecular complexity index is 1160. The Morgan fingerprint density at radius 2 is 1.90 bits per heavy atom. The van der Waals surface area contributed by atoms with Crippen molar-refractivity contribution < 1.29 is 19.1 Å². The number of nitrogens with one attached hydrogen (secondary N) is 3. The molecular formula is C22H23N5O4. The summed E-state index contributed by atoms with van der Waals surface area (Å²) in [4.78, 5) is 44.0. The summed E-state index contributed by atoms with van der Waals surface area (Å²) in [6, 6.07) is 7.20. The molecule has 2 aromatic heterocycles. The fraction of sp³-hybridized carbons (Fsp3) is 0.318. The Hall–Kier alpha value is -3.75. The molecule has 0 aliphatic heterocycles. The molecule has 3 N–H and O–H groups in total. The topological polar surface area (TPSA) is 130 Å². The van der Waals surface area contributed by atoms with Crippen LogP contribution in [0.25, 0.3) is 11.4 Å². The third kappa shape index (κ3) is 4.25. The molecule has 1 saturated carbocycles. The standard InChI is InChI=1S/C22H23N5O4/c1-11-18(22(30)31-3)16(24-19(11)12(2)28)10-17(29)23-15-8-6-14(7-9-15)21-25-20(26-27-21)13-4-5-13/h6-9,13,24H,4-5,10H2,1-3H3,(H,23,29)(H,25,26,27). The van der Waals surface area contributed by atoms with E-state index < -0.39 is 5.97 Å². The van der Waals surface area contributed by atoms with Gasteiger partial charge in [0, 0.05) is 29.8 Å². The van der Waals surface area contributed by atoms with E-state index in [1.54, 1.807) is 19.1 Å². The predicted octanol–water partition coefficient (Wildman–Crippen LogP) is 3.16. The maximum atomic E-state index is 12.6. The van der Waals surface area contributed by atoms with Crippen LogP contribution in [-0.4, -0.2) is 44.9 Å². The number of carbonyl (C=O) groups excluding carboxylic acids is 3. The summed E-state index contributed by atoms with van der Waals surface area (Å²) in [5, 5.41) is 10.0. The molecule has 1 aromatic carbocycles. The first-order chi connectivity index (χ1) is 14.9. The molecule has 0 spiro atoms. The summed E-state index contributed by atoms with van der Waals surface area (Å²) in [5.41, 5.74) is 2.78. The molecule has 1 aliphatic carbocycles. The number of benzene rings is 1. The normalized spacial score (nSPS) is 13.1.